The van der Waals surface area contributed by atoms with E-state index >= 15 is 0 Å². The molecule has 1 N–H and O–H groups in total. The zero-order valence-corrected chi connectivity index (χ0v) is 9.31. The lowest BCUT2D eigenvalue weighted by Crippen LogP contribution is -2.11. The molecule has 2 aromatic rings. The lowest BCUT2D eigenvalue weighted by molar-refractivity contribution is 0.0690. The third kappa shape index (κ3) is 1.64. The summed E-state index contributed by atoms with van der Waals surface area (Å²) in [6, 6.07) is 3.14. The van der Waals surface area contributed by atoms with E-state index in [0.717, 1.165) is 11.1 Å². The van der Waals surface area contributed by atoms with Crippen LogP contribution in [-0.4, -0.2) is 21.2 Å². The van der Waals surface area contributed by atoms with Crippen molar-refractivity contribution < 1.29 is 14.4 Å². The first-order chi connectivity index (χ1) is 7.39. The Labute approximate surface area is 92.1 Å². The molecular weight excluding hydrogens is 208 g/mol. The number of carbonyl (C=O) groups is 1. The van der Waals surface area contributed by atoms with Gasteiger partial charge in [0.2, 0.25) is 0 Å². The summed E-state index contributed by atoms with van der Waals surface area (Å²) in [4.78, 5) is 14.6. The molecule has 2 rings (SSSR count). The first kappa shape index (κ1) is 10.6. The van der Waals surface area contributed by atoms with Crippen LogP contribution in [0.15, 0.2) is 16.7 Å². The summed E-state index contributed by atoms with van der Waals surface area (Å²) >= 11 is 0. The molecule has 0 aromatic carbocycles. The Morgan fingerprint density at radius 1 is 1.38 bits per heavy atom. The number of hydrogen-bond donors (Lipinski definition) is 1. The number of rotatable bonds is 1. The Kier molecular flexibility index (Phi) is 2.18. The third-order valence-corrected chi connectivity index (χ3v) is 2.27. The predicted octanol–water partition coefficient (Wildman–Crippen LogP) is 2.22. The van der Waals surface area contributed by atoms with E-state index in [1.165, 1.54) is 6.07 Å². The number of fused-ring (bicyclic) bond motifs is 1. The fourth-order valence-electron chi connectivity index (χ4n) is 1.49. The van der Waals surface area contributed by atoms with Crippen molar-refractivity contribution in [3.63, 3.8) is 0 Å². The Balaban J connectivity index is 2.64. The summed E-state index contributed by atoms with van der Waals surface area (Å²) in [7, 11) is 0. The molecule has 0 atom stereocenters. The van der Waals surface area contributed by atoms with Crippen molar-refractivity contribution in [2.75, 3.05) is 0 Å². The van der Waals surface area contributed by atoms with Gasteiger partial charge in [0.15, 0.2) is 5.69 Å². The van der Waals surface area contributed by atoms with Crippen molar-refractivity contribution >= 4 is 17.1 Å². The molecule has 0 fully saturated rings. The summed E-state index contributed by atoms with van der Waals surface area (Å²) in [5.74, 6) is -1.07. The Morgan fingerprint density at radius 2 is 2.06 bits per heavy atom. The van der Waals surface area contributed by atoms with Crippen LogP contribution < -0.4 is 0 Å². The highest BCUT2D eigenvalue weighted by atomic mass is 16.5. The van der Waals surface area contributed by atoms with Crippen LogP contribution in [0.4, 0.5) is 0 Å². The SMILES string of the molecule is CC(C)(C)c1noc2nc(C(=O)O)ccc12. The highest BCUT2D eigenvalue weighted by molar-refractivity contribution is 5.89. The fraction of sp³-hybridized carbons (Fsp3) is 0.364. The van der Waals surface area contributed by atoms with Crippen molar-refractivity contribution in [1.82, 2.24) is 10.1 Å². The van der Waals surface area contributed by atoms with E-state index < -0.39 is 5.97 Å². The van der Waals surface area contributed by atoms with Crippen LogP contribution >= 0.6 is 0 Å². The van der Waals surface area contributed by atoms with Gasteiger partial charge in [-0.25, -0.2) is 9.78 Å². The first-order valence-electron chi connectivity index (χ1n) is 4.90. The Hall–Kier alpha value is -1.91. The quantitative estimate of drug-likeness (QED) is 0.797. The minimum Gasteiger partial charge on any atom is -0.477 e. The summed E-state index contributed by atoms with van der Waals surface area (Å²) in [6.45, 7) is 6.03. The number of hydrogen-bond acceptors (Lipinski definition) is 4. The molecule has 84 valence electrons. The minimum absolute atomic E-state index is 0.0379. The summed E-state index contributed by atoms with van der Waals surface area (Å²) in [5.41, 5.74) is 0.860. The first-order valence-corrected chi connectivity index (χ1v) is 4.90. The zero-order valence-electron chi connectivity index (χ0n) is 9.31. The van der Waals surface area contributed by atoms with Crippen LogP contribution in [0.5, 0.6) is 0 Å². The van der Waals surface area contributed by atoms with E-state index in [-0.39, 0.29) is 16.8 Å². The van der Waals surface area contributed by atoms with E-state index in [4.69, 9.17) is 9.63 Å². The summed E-state index contributed by atoms with van der Waals surface area (Å²) in [5, 5.41) is 13.5. The number of pyridine rings is 1. The number of nitrogens with zero attached hydrogens (tertiary/aromatic N) is 2. The smallest absolute Gasteiger partial charge is 0.354 e. The topological polar surface area (TPSA) is 76.2 Å². The van der Waals surface area contributed by atoms with Gasteiger partial charge >= 0.3 is 5.97 Å². The average molecular weight is 220 g/mol. The molecule has 2 heterocycles. The van der Waals surface area contributed by atoms with Crippen molar-refractivity contribution in [2.24, 2.45) is 0 Å². The van der Waals surface area contributed by atoms with E-state index in [2.05, 4.69) is 10.1 Å². The van der Waals surface area contributed by atoms with Gasteiger partial charge in [-0.05, 0) is 12.1 Å². The number of carboxylic acids is 1. The van der Waals surface area contributed by atoms with Crippen LogP contribution in [0.25, 0.3) is 11.1 Å². The minimum atomic E-state index is -1.07. The van der Waals surface area contributed by atoms with Crippen LogP contribution in [-0.2, 0) is 5.41 Å². The van der Waals surface area contributed by atoms with Gasteiger partial charge < -0.3 is 9.63 Å². The van der Waals surface area contributed by atoms with Crippen LogP contribution in [0.1, 0.15) is 37.0 Å². The van der Waals surface area contributed by atoms with Crippen LogP contribution in [0.3, 0.4) is 0 Å². The van der Waals surface area contributed by atoms with E-state index in [9.17, 15) is 4.79 Å². The molecule has 0 aliphatic rings. The number of carboxylic acid groups (broad SMARTS) is 1. The zero-order chi connectivity index (χ0) is 11.9. The molecular formula is C11H12N2O3. The van der Waals surface area contributed by atoms with Crippen molar-refractivity contribution in [3.8, 4) is 0 Å². The summed E-state index contributed by atoms with van der Waals surface area (Å²) < 4.78 is 5.04. The van der Waals surface area contributed by atoms with Gasteiger partial charge in [0.1, 0.15) is 0 Å². The Bertz CT molecular complexity index is 552. The highest BCUT2D eigenvalue weighted by Gasteiger charge is 2.23. The molecule has 0 aliphatic carbocycles. The lowest BCUT2D eigenvalue weighted by atomic mass is 9.90. The van der Waals surface area contributed by atoms with Crippen molar-refractivity contribution in [2.45, 2.75) is 26.2 Å². The van der Waals surface area contributed by atoms with Gasteiger partial charge in [0.05, 0.1) is 11.1 Å². The maximum Gasteiger partial charge on any atom is 0.354 e. The van der Waals surface area contributed by atoms with Crippen LogP contribution in [0.2, 0.25) is 0 Å². The number of aromatic nitrogens is 2. The molecule has 2 aromatic heterocycles. The molecule has 5 heteroatoms. The van der Waals surface area contributed by atoms with E-state index in [1.54, 1.807) is 6.07 Å². The molecule has 0 unspecified atom stereocenters. The number of aromatic carboxylic acids is 1. The second kappa shape index (κ2) is 3.30. The van der Waals surface area contributed by atoms with Gasteiger partial charge in [-0.1, -0.05) is 25.9 Å². The van der Waals surface area contributed by atoms with Crippen LogP contribution in [0, 0.1) is 0 Å². The molecule has 16 heavy (non-hydrogen) atoms. The van der Waals surface area contributed by atoms with Gasteiger partial charge in [-0.15, -0.1) is 0 Å². The largest absolute Gasteiger partial charge is 0.477 e. The monoisotopic (exact) mass is 220 g/mol. The Morgan fingerprint density at radius 3 is 2.62 bits per heavy atom. The molecule has 5 nitrogen and oxygen atoms in total. The van der Waals surface area contributed by atoms with Crippen molar-refractivity contribution in [3.05, 3.63) is 23.5 Å². The molecule has 0 radical (unpaired) electrons. The van der Waals surface area contributed by atoms with E-state index in [1.807, 2.05) is 20.8 Å². The van der Waals surface area contributed by atoms with Gasteiger partial charge in [-0.2, -0.15) is 0 Å². The fourth-order valence-corrected chi connectivity index (χ4v) is 1.49. The summed E-state index contributed by atoms with van der Waals surface area (Å²) in [6.07, 6.45) is 0. The molecule has 0 spiro atoms. The molecule has 0 bridgehead atoms. The molecule has 0 saturated heterocycles. The maximum absolute atomic E-state index is 10.7. The van der Waals surface area contributed by atoms with E-state index in [0.29, 0.717) is 0 Å². The highest BCUT2D eigenvalue weighted by Crippen LogP contribution is 2.28. The standard InChI is InChI=1S/C11H12N2O3/c1-11(2,3)8-6-4-5-7(10(14)15)12-9(6)16-13-8/h4-5H,1-3H3,(H,14,15). The normalized spacial score (nSPS) is 11.9. The molecule has 0 amide bonds. The second-order valence-corrected chi connectivity index (χ2v) is 4.64. The molecule has 0 saturated carbocycles. The maximum atomic E-state index is 10.7. The van der Waals surface area contributed by atoms with Crippen molar-refractivity contribution in [1.29, 1.82) is 0 Å². The average Bonchev–Trinajstić information content (AvgIpc) is 2.58. The predicted molar refractivity (Wildman–Crippen MR) is 57.5 cm³/mol. The molecule has 0 aliphatic heterocycles. The lowest BCUT2D eigenvalue weighted by Gasteiger charge is -2.13. The second-order valence-electron chi connectivity index (χ2n) is 4.64. The van der Waals surface area contributed by atoms with Gasteiger partial charge in [-0.3, -0.25) is 0 Å². The van der Waals surface area contributed by atoms with Gasteiger partial charge in [0.25, 0.3) is 5.71 Å². The van der Waals surface area contributed by atoms with Gasteiger partial charge in [0, 0.05) is 5.41 Å². The third-order valence-electron chi connectivity index (χ3n) is 2.27.